The molecule has 0 aliphatic rings. The van der Waals surface area contributed by atoms with Gasteiger partial charge in [0.05, 0.1) is 12.8 Å². The number of aromatic nitrogens is 3. The van der Waals surface area contributed by atoms with Gasteiger partial charge in [-0.05, 0) is 48.5 Å². The molecular weight excluding hydrogens is 352 g/mol. The monoisotopic (exact) mass is 370 g/mol. The van der Waals surface area contributed by atoms with Crippen LogP contribution in [0.25, 0.3) is 17.1 Å². The minimum atomic E-state index is -0.365. The molecule has 1 heterocycles. The maximum Gasteiger partial charge on any atom is 0.295 e. The third-order valence-electron chi connectivity index (χ3n) is 4.19. The van der Waals surface area contributed by atoms with Crippen LogP contribution in [-0.2, 0) is 0 Å². The predicted octanol–water partition coefficient (Wildman–Crippen LogP) is 4.20. The molecule has 0 aliphatic heterocycles. The highest BCUT2D eigenvalue weighted by Crippen LogP contribution is 2.24. The van der Waals surface area contributed by atoms with E-state index in [0.29, 0.717) is 11.5 Å². The zero-order chi connectivity index (χ0) is 19.3. The Bertz CT molecular complexity index is 1070. The van der Waals surface area contributed by atoms with E-state index in [-0.39, 0.29) is 11.7 Å². The summed E-state index contributed by atoms with van der Waals surface area (Å²) in [6.45, 7) is 0. The number of hydrogen-bond acceptors (Lipinski definition) is 4. The average Bonchev–Trinajstić information content (AvgIpc) is 3.21. The molecule has 0 atom stereocenters. The molecule has 0 aliphatic carbocycles. The Morgan fingerprint density at radius 2 is 1.54 bits per heavy atom. The highest BCUT2D eigenvalue weighted by Gasteiger charge is 2.19. The third kappa shape index (κ3) is 3.61. The van der Waals surface area contributed by atoms with Gasteiger partial charge in [0.25, 0.3) is 5.91 Å². The Hall–Kier alpha value is -3.93. The normalized spacial score (nSPS) is 10.5. The van der Waals surface area contributed by atoms with Gasteiger partial charge in [-0.25, -0.2) is 9.67 Å². The summed E-state index contributed by atoms with van der Waals surface area (Å²) in [5.41, 5.74) is 2.34. The first-order valence-electron chi connectivity index (χ1n) is 8.78. The van der Waals surface area contributed by atoms with E-state index in [9.17, 15) is 4.79 Å². The van der Waals surface area contributed by atoms with Crippen molar-refractivity contribution in [1.29, 1.82) is 0 Å². The molecule has 6 heteroatoms. The number of nitrogens with one attached hydrogen (secondary N) is 1. The topological polar surface area (TPSA) is 69.0 Å². The fourth-order valence-corrected chi connectivity index (χ4v) is 2.79. The van der Waals surface area contributed by atoms with Crippen molar-refractivity contribution in [3.05, 3.63) is 90.8 Å². The number of carbonyl (C=O) groups is 1. The van der Waals surface area contributed by atoms with Gasteiger partial charge in [0.2, 0.25) is 5.82 Å². The van der Waals surface area contributed by atoms with Gasteiger partial charge >= 0.3 is 0 Å². The summed E-state index contributed by atoms with van der Waals surface area (Å²) in [6, 6.07) is 26.3. The predicted molar refractivity (Wildman–Crippen MR) is 108 cm³/mol. The van der Waals surface area contributed by atoms with Crippen LogP contribution in [0.2, 0.25) is 0 Å². The summed E-state index contributed by atoms with van der Waals surface area (Å²) in [5, 5.41) is 7.28. The summed E-state index contributed by atoms with van der Waals surface area (Å²) in [4.78, 5) is 17.2. The zero-order valence-electron chi connectivity index (χ0n) is 15.2. The van der Waals surface area contributed by atoms with Crippen LogP contribution in [0.4, 0.5) is 5.69 Å². The maximum absolute atomic E-state index is 12.7. The molecule has 0 bridgehead atoms. The first-order chi connectivity index (χ1) is 13.7. The van der Waals surface area contributed by atoms with Crippen molar-refractivity contribution in [2.45, 2.75) is 0 Å². The number of rotatable bonds is 5. The van der Waals surface area contributed by atoms with Crippen molar-refractivity contribution in [1.82, 2.24) is 14.8 Å². The van der Waals surface area contributed by atoms with Crippen molar-refractivity contribution >= 4 is 11.6 Å². The van der Waals surface area contributed by atoms with Crippen LogP contribution in [0.3, 0.4) is 0 Å². The molecule has 1 N–H and O–H groups in total. The van der Waals surface area contributed by atoms with Gasteiger partial charge in [-0.3, -0.25) is 4.79 Å². The molecule has 0 fully saturated rings. The summed E-state index contributed by atoms with van der Waals surface area (Å²) in [5.74, 6) is 1.05. The number of para-hydroxylation sites is 2. The molecule has 1 aromatic heterocycles. The number of carbonyl (C=O) groups excluding carboxylic acids is 1. The minimum absolute atomic E-state index is 0.0959. The van der Waals surface area contributed by atoms with Gasteiger partial charge in [-0.1, -0.05) is 36.4 Å². The number of nitrogens with zero attached hydrogens (tertiary/aromatic N) is 3. The highest BCUT2D eigenvalue weighted by atomic mass is 16.5. The van der Waals surface area contributed by atoms with E-state index in [0.717, 1.165) is 17.0 Å². The fourth-order valence-electron chi connectivity index (χ4n) is 2.79. The van der Waals surface area contributed by atoms with E-state index in [1.165, 1.54) is 0 Å². The van der Waals surface area contributed by atoms with Gasteiger partial charge < -0.3 is 10.1 Å². The summed E-state index contributed by atoms with van der Waals surface area (Å²) < 4.78 is 6.89. The van der Waals surface area contributed by atoms with E-state index in [2.05, 4.69) is 15.4 Å². The summed E-state index contributed by atoms with van der Waals surface area (Å²) in [6.07, 6.45) is 0. The molecule has 4 aromatic rings. The molecule has 0 saturated heterocycles. The van der Waals surface area contributed by atoms with E-state index >= 15 is 0 Å². The van der Waals surface area contributed by atoms with Crippen molar-refractivity contribution in [3.8, 4) is 22.8 Å². The first kappa shape index (κ1) is 17.5. The van der Waals surface area contributed by atoms with Crippen LogP contribution in [0.5, 0.6) is 5.75 Å². The Kier molecular flexibility index (Phi) is 4.84. The van der Waals surface area contributed by atoms with Crippen LogP contribution in [0.1, 0.15) is 10.6 Å². The van der Waals surface area contributed by atoms with Gasteiger partial charge in [0.15, 0.2) is 5.82 Å². The van der Waals surface area contributed by atoms with Gasteiger partial charge in [-0.2, -0.15) is 0 Å². The van der Waals surface area contributed by atoms with Crippen LogP contribution >= 0.6 is 0 Å². The van der Waals surface area contributed by atoms with E-state index in [1.807, 2.05) is 84.9 Å². The second-order valence-corrected chi connectivity index (χ2v) is 6.06. The van der Waals surface area contributed by atoms with E-state index in [1.54, 1.807) is 11.8 Å². The standard InChI is InChI=1S/C22H18N4O2/c1-28-19-14-12-16(13-15-19)21-24-20(22(27)23-17-8-4-2-5-9-17)25-26(21)18-10-6-3-7-11-18/h2-15H,1H3,(H,23,27). The van der Waals surface area contributed by atoms with Gasteiger partial charge in [0.1, 0.15) is 5.75 Å². The highest BCUT2D eigenvalue weighted by molar-refractivity contribution is 6.01. The van der Waals surface area contributed by atoms with Crippen molar-refractivity contribution in [2.75, 3.05) is 12.4 Å². The molecule has 0 unspecified atom stereocenters. The second kappa shape index (κ2) is 7.75. The van der Waals surface area contributed by atoms with Crippen LogP contribution in [0.15, 0.2) is 84.9 Å². The SMILES string of the molecule is COc1ccc(-c2nc(C(=O)Nc3ccccc3)nn2-c2ccccc2)cc1. The molecule has 28 heavy (non-hydrogen) atoms. The van der Waals surface area contributed by atoms with Crippen LogP contribution in [-0.4, -0.2) is 27.8 Å². The molecule has 138 valence electrons. The van der Waals surface area contributed by atoms with Gasteiger partial charge in [0, 0.05) is 11.3 Å². The number of ether oxygens (including phenoxy) is 1. The van der Waals surface area contributed by atoms with Crippen molar-refractivity contribution < 1.29 is 9.53 Å². The fraction of sp³-hybridized carbons (Fsp3) is 0.0455. The molecule has 6 nitrogen and oxygen atoms in total. The molecule has 4 rings (SSSR count). The molecule has 0 radical (unpaired) electrons. The second-order valence-electron chi connectivity index (χ2n) is 6.06. The first-order valence-corrected chi connectivity index (χ1v) is 8.78. The largest absolute Gasteiger partial charge is 0.497 e. The van der Waals surface area contributed by atoms with Crippen molar-refractivity contribution in [2.24, 2.45) is 0 Å². The third-order valence-corrected chi connectivity index (χ3v) is 4.19. The van der Waals surface area contributed by atoms with Gasteiger partial charge in [-0.15, -0.1) is 5.10 Å². The number of anilines is 1. The van der Waals surface area contributed by atoms with Crippen LogP contribution < -0.4 is 10.1 Å². The minimum Gasteiger partial charge on any atom is -0.497 e. The quantitative estimate of drug-likeness (QED) is 0.572. The molecule has 0 saturated carbocycles. The Labute approximate surface area is 162 Å². The lowest BCUT2D eigenvalue weighted by Crippen LogP contribution is -2.14. The molecular formula is C22H18N4O2. The van der Waals surface area contributed by atoms with Crippen molar-refractivity contribution in [3.63, 3.8) is 0 Å². The summed E-state index contributed by atoms with van der Waals surface area (Å²) >= 11 is 0. The molecule has 3 aromatic carbocycles. The average molecular weight is 370 g/mol. The number of hydrogen-bond donors (Lipinski definition) is 1. The lowest BCUT2D eigenvalue weighted by Gasteiger charge is -2.06. The molecule has 0 spiro atoms. The maximum atomic E-state index is 12.7. The number of benzene rings is 3. The zero-order valence-corrected chi connectivity index (χ0v) is 15.2. The van der Waals surface area contributed by atoms with E-state index < -0.39 is 0 Å². The Balaban J connectivity index is 1.74. The van der Waals surface area contributed by atoms with Crippen LogP contribution in [0, 0.1) is 0 Å². The Morgan fingerprint density at radius 3 is 2.18 bits per heavy atom. The summed E-state index contributed by atoms with van der Waals surface area (Å²) in [7, 11) is 1.62. The Morgan fingerprint density at radius 1 is 0.893 bits per heavy atom. The lowest BCUT2D eigenvalue weighted by atomic mass is 10.2. The van der Waals surface area contributed by atoms with E-state index in [4.69, 9.17) is 4.74 Å². The smallest absolute Gasteiger partial charge is 0.295 e. The molecule has 1 amide bonds. The number of methoxy groups -OCH3 is 1. The lowest BCUT2D eigenvalue weighted by molar-refractivity contribution is 0.101. The number of amides is 1.